The van der Waals surface area contributed by atoms with E-state index in [1.165, 1.54) is 18.2 Å². The Morgan fingerprint density at radius 3 is 2.74 bits per heavy atom. The van der Waals surface area contributed by atoms with Gasteiger partial charge < -0.3 is 5.11 Å². The van der Waals surface area contributed by atoms with Crippen molar-refractivity contribution < 1.29 is 14.3 Å². The van der Waals surface area contributed by atoms with Gasteiger partial charge in [0, 0.05) is 6.07 Å². The number of carboxylic acids is 1. The summed E-state index contributed by atoms with van der Waals surface area (Å²) in [6.07, 6.45) is 0. The number of hydrogen-bond acceptors (Lipinski definition) is 3. The van der Waals surface area contributed by atoms with Crippen molar-refractivity contribution in [2.75, 3.05) is 0 Å². The van der Waals surface area contributed by atoms with Crippen molar-refractivity contribution in [2.45, 2.75) is 6.54 Å². The first-order chi connectivity index (χ1) is 8.97. The van der Waals surface area contributed by atoms with Crippen molar-refractivity contribution in [1.82, 2.24) is 9.78 Å². The molecule has 0 amide bonds. The fourth-order valence-corrected chi connectivity index (χ4v) is 1.60. The van der Waals surface area contributed by atoms with E-state index in [-0.39, 0.29) is 17.3 Å². The number of aromatic carboxylic acids is 1. The van der Waals surface area contributed by atoms with E-state index in [1.807, 2.05) is 0 Å². The Morgan fingerprint density at radius 2 is 2.11 bits per heavy atom. The summed E-state index contributed by atoms with van der Waals surface area (Å²) in [5.41, 5.74) is -0.270. The van der Waals surface area contributed by atoms with Crippen LogP contribution in [0.25, 0.3) is 0 Å². The molecule has 0 bridgehead atoms. The van der Waals surface area contributed by atoms with Crippen LogP contribution in [0.3, 0.4) is 0 Å². The lowest BCUT2D eigenvalue weighted by Gasteiger charge is -2.06. The van der Waals surface area contributed by atoms with Crippen molar-refractivity contribution in [3.8, 4) is 0 Å². The third-order valence-corrected chi connectivity index (χ3v) is 2.71. The first kappa shape index (κ1) is 13.2. The largest absolute Gasteiger partial charge is 0.476 e. The van der Waals surface area contributed by atoms with Gasteiger partial charge in [-0.05, 0) is 23.8 Å². The predicted octanol–water partition coefficient (Wildman–Crippen LogP) is 1.78. The average Bonchev–Trinajstić information content (AvgIpc) is 2.36. The highest BCUT2D eigenvalue weighted by atomic mass is 35.5. The molecule has 0 saturated heterocycles. The van der Waals surface area contributed by atoms with Crippen LogP contribution in [0.5, 0.6) is 0 Å². The molecule has 5 nitrogen and oxygen atoms in total. The van der Waals surface area contributed by atoms with E-state index in [2.05, 4.69) is 5.10 Å². The Labute approximate surface area is 111 Å². The molecule has 0 spiro atoms. The summed E-state index contributed by atoms with van der Waals surface area (Å²) in [6.45, 7) is -0.0337. The van der Waals surface area contributed by atoms with Crippen molar-refractivity contribution in [2.24, 2.45) is 0 Å². The molecule has 0 unspecified atom stereocenters. The van der Waals surface area contributed by atoms with Gasteiger partial charge in [0.25, 0.3) is 5.56 Å². The number of carboxylic acid groups (broad SMARTS) is 1. The zero-order chi connectivity index (χ0) is 14.0. The molecule has 0 aliphatic heterocycles. The van der Waals surface area contributed by atoms with Gasteiger partial charge >= 0.3 is 5.97 Å². The number of halogens is 2. The van der Waals surface area contributed by atoms with Crippen LogP contribution in [0.1, 0.15) is 16.1 Å². The number of aromatic nitrogens is 2. The highest BCUT2D eigenvalue weighted by molar-refractivity contribution is 6.30. The smallest absolute Gasteiger partial charge is 0.356 e. The third-order valence-electron chi connectivity index (χ3n) is 2.40. The van der Waals surface area contributed by atoms with Gasteiger partial charge in [-0.2, -0.15) is 5.10 Å². The topological polar surface area (TPSA) is 72.2 Å². The number of nitrogens with zero attached hydrogens (tertiary/aromatic N) is 2. The van der Waals surface area contributed by atoms with Crippen molar-refractivity contribution in [3.63, 3.8) is 0 Å². The molecule has 0 fully saturated rings. The van der Waals surface area contributed by atoms with Gasteiger partial charge in [0.15, 0.2) is 5.69 Å². The van der Waals surface area contributed by atoms with Crippen LogP contribution in [-0.2, 0) is 6.54 Å². The van der Waals surface area contributed by atoms with E-state index in [9.17, 15) is 14.0 Å². The maximum Gasteiger partial charge on any atom is 0.356 e. The van der Waals surface area contributed by atoms with Crippen LogP contribution in [0.2, 0.25) is 5.02 Å². The molecule has 1 heterocycles. The van der Waals surface area contributed by atoms with E-state index < -0.39 is 17.3 Å². The van der Waals surface area contributed by atoms with Gasteiger partial charge in [-0.1, -0.05) is 17.7 Å². The third kappa shape index (κ3) is 2.97. The summed E-state index contributed by atoms with van der Waals surface area (Å²) in [5, 5.41) is 12.4. The first-order valence-corrected chi connectivity index (χ1v) is 5.60. The Morgan fingerprint density at radius 1 is 1.37 bits per heavy atom. The highest BCUT2D eigenvalue weighted by Crippen LogP contribution is 2.15. The van der Waals surface area contributed by atoms with Crippen molar-refractivity contribution >= 4 is 17.6 Å². The summed E-state index contributed by atoms with van der Waals surface area (Å²) < 4.78 is 14.2. The fraction of sp³-hybridized carbons (Fsp3) is 0.0833. The maximum absolute atomic E-state index is 13.3. The van der Waals surface area contributed by atoms with Gasteiger partial charge in [-0.3, -0.25) is 4.79 Å². The molecule has 2 aromatic rings. The molecule has 0 saturated carbocycles. The van der Waals surface area contributed by atoms with E-state index in [4.69, 9.17) is 16.7 Å². The Hall–Kier alpha value is -2.21. The summed E-state index contributed by atoms with van der Waals surface area (Å²) >= 11 is 5.54. The minimum absolute atomic E-state index is 0.0247. The monoisotopic (exact) mass is 282 g/mol. The minimum atomic E-state index is -1.24. The maximum atomic E-state index is 13.3. The van der Waals surface area contributed by atoms with Crippen LogP contribution < -0.4 is 5.56 Å². The predicted molar refractivity (Wildman–Crippen MR) is 66.0 cm³/mol. The Kier molecular flexibility index (Phi) is 3.62. The molecule has 0 aliphatic carbocycles. The van der Waals surface area contributed by atoms with E-state index in [1.54, 1.807) is 0 Å². The Balaban J connectivity index is 2.37. The van der Waals surface area contributed by atoms with Gasteiger partial charge in [-0.25, -0.2) is 13.9 Å². The Bertz CT molecular complexity index is 700. The molecule has 0 radical (unpaired) electrons. The molecular formula is C12H8ClFN2O3. The molecule has 19 heavy (non-hydrogen) atoms. The van der Waals surface area contributed by atoms with Crippen LogP contribution in [0, 0.1) is 5.82 Å². The van der Waals surface area contributed by atoms with Crippen LogP contribution in [0.4, 0.5) is 4.39 Å². The fourth-order valence-electron chi connectivity index (χ4n) is 1.49. The van der Waals surface area contributed by atoms with Crippen molar-refractivity contribution in [3.05, 3.63) is 62.8 Å². The number of hydrogen-bond donors (Lipinski definition) is 1. The molecule has 1 N–H and O–H groups in total. The second-order valence-corrected chi connectivity index (χ2v) is 4.18. The van der Waals surface area contributed by atoms with Gasteiger partial charge in [-0.15, -0.1) is 0 Å². The number of rotatable bonds is 3. The lowest BCUT2D eigenvalue weighted by Crippen LogP contribution is -2.24. The van der Waals surface area contributed by atoms with E-state index in [0.29, 0.717) is 5.56 Å². The molecule has 7 heteroatoms. The second kappa shape index (κ2) is 5.19. The molecule has 0 atom stereocenters. The molecule has 1 aromatic heterocycles. The minimum Gasteiger partial charge on any atom is -0.476 e. The molecule has 0 aliphatic rings. The average molecular weight is 283 g/mol. The second-order valence-electron chi connectivity index (χ2n) is 3.77. The highest BCUT2D eigenvalue weighted by Gasteiger charge is 2.08. The quantitative estimate of drug-likeness (QED) is 0.931. The van der Waals surface area contributed by atoms with Crippen LogP contribution >= 0.6 is 11.6 Å². The lowest BCUT2D eigenvalue weighted by molar-refractivity contribution is 0.0687. The molecule has 2 rings (SSSR count). The molecule has 1 aromatic carbocycles. The van der Waals surface area contributed by atoms with Crippen LogP contribution in [-0.4, -0.2) is 20.9 Å². The summed E-state index contributed by atoms with van der Waals surface area (Å²) in [7, 11) is 0. The summed E-state index contributed by atoms with van der Waals surface area (Å²) in [6, 6.07) is 6.28. The van der Waals surface area contributed by atoms with Crippen molar-refractivity contribution in [1.29, 1.82) is 0 Å². The summed E-state index contributed by atoms with van der Waals surface area (Å²) in [4.78, 5) is 22.3. The van der Waals surface area contributed by atoms with E-state index in [0.717, 1.165) is 16.8 Å². The first-order valence-electron chi connectivity index (χ1n) is 5.23. The lowest BCUT2D eigenvalue weighted by atomic mass is 10.2. The molecular weight excluding hydrogens is 275 g/mol. The zero-order valence-electron chi connectivity index (χ0n) is 9.51. The van der Waals surface area contributed by atoms with Gasteiger partial charge in [0.05, 0.1) is 11.6 Å². The normalized spacial score (nSPS) is 10.4. The van der Waals surface area contributed by atoms with E-state index >= 15 is 0 Å². The molecule has 98 valence electrons. The summed E-state index contributed by atoms with van der Waals surface area (Å²) in [5.74, 6) is -1.85. The van der Waals surface area contributed by atoms with Gasteiger partial charge in [0.2, 0.25) is 0 Å². The zero-order valence-corrected chi connectivity index (χ0v) is 10.3. The SMILES string of the molecule is O=C(O)c1ccc(=O)n(Cc2ccc(Cl)c(F)c2)n1. The van der Waals surface area contributed by atoms with Crippen LogP contribution in [0.15, 0.2) is 35.1 Å². The van der Waals surface area contributed by atoms with Gasteiger partial charge in [0.1, 0.15) is 5.82 Å². The standard InChI is InChI=1S/C12H8ClFN2O3/c13-8-2-1-7(5-9(8)14)6-16-11(17)4-3-10(15-16)12(18)19/h1-5H,6H2,(H,18,19). The number of benzene rings is 1. The number of carbonyl (C=O) groups is 1.